The molecule has 2 aromatic rings. The molecule has 7 nitrogen and oxygen atoms in total. The smallest absolute Gasteiger partial charge is 0.248 e. The molecule has 0 aliphatic carbocycles. The van der Waals surface area contributed by atoms with Gasteiger partial charge >= 0.3 is 0 Å². The van der Waals surface area contributed by atoms with Gasteiger partial charge in [0.15, 0.2) is 11.5 Å². The second kappa shape index (κ2) is 8.80. The molecule has 1 aromatic heterocycles. The molecule has 140 valence electrons. The van der Waals surface area contributed by atoms with Gasteiger partial charge in [0.1, 0.15) is 12.1 Å². The molecule has 26 heavy (non-hydrogen) atoms. The van der Waals surface area contributed by atoms with Gasteiger partial charge in [-0.15, -0.1) is 0 Å². The van der Waals surface area contributed by atoms with E-state index >= 15 is 0 Å². The lowest BCUT2D eigenvalue weighted by Gasteiger charge is -2.31. The van der Waals surface area contributed by atoms with E-state index in [1.807, 2.05) is 31.2 Å². The van der Waals surface area contributed by atoms with Gasteiger partial charge in [-0.3, -0.25) is 9.59 Å². The van der Waals surface area contributed by atoms with Crippen molar-refractivity contribution in [3.63, 3.8) is 0 Å². The van der Waals surface area contributed by atoms with Crippen molar-refractivity contribution in [2.45, 2.75) is 26.2 Å². The number of ether oxygens (including phenoxy) is 1. The van der Waals surface area contributed by atoms with Crippen LogP contribution in [0.5, 0.6) is 0 Å². The Morgan fingerprint density at radius 1 is 1.31 bits per heavy atom. The predicted molar refractivity (Wildman–Crippen MR) is 96.5 cm³/mol. The van der Waals surface area contributed by atoms with Crippen molar-refractivity contribution in [3.8, 4) is 0 Å². The number of aromatic nitrogens is 1. The molecule has 3 rings (SSSR count). The Labute approximate surface area is 152 Å². The lowest BCUT2D eigenvalue weighted by molar-refractivity contribution is -0.139. The highest BCUT2D eigenvalue weighted by atomic mass is 16.5. The molecule has 1 aliphatic heterocycles. The van der Waals surface area contributed by atoms with E-state index in [4.69, 9.17) is 9.15 Å². The van der Waals surface area contributed by atoms with E-state index in [1.54, 1.807) is 4.90 Å². The van der Waals surface area contributed by atoms with Gasteiger partial charge < -0.3 is 19.4 Å². The molecule has 1 aromatic carbocycles. The molecule has 1 fully saturated rings. The number of benzene rings is 1. The summed E-state index contributed by atoms with van der Waals surface area (Å²) in [4.78, 5) is 30.4. The van der Waals surface area contributed by atoms with Crippen molar-refractivity contribution in [2.24, 2.45) is 5.92 Å². The van der Waals surface area contributed by atoms with Crippen LogP contribution in [0.25, 0.3) is 11.1 Å². The van der Waals surface area contributed by atoms with Gasteiger partial charge in [-0.2, -0.15) is 0 Å². The fourth-order valence-electron chi connectivity index (χ4n) is 3.14. The number of para-hydroxylation sites is 2. The first-order valence-electron chi connectivity index (χ1n) is 9.15. The summed E-state index contributed by atoms with van der Waals surface area (Å²) in [6.07, 6.45) is 1.94. The third-order valence-corrected chi connectivity index (χ3v) is 4.62. The first kappa shape index (κ1) is 18.4. The molecule has 2 heterocycles. The Kier molecular flexibility index (Phi) is 6.22. The number of hydrogen-bond donors (Lipinski definition) is 1. The van der Waals surface area contributed by atoms with Crippen molar-refractivity contribution in [3.05, 3.63) is 30.2 Å². The highest BCUT2D eigenvalue weighted by Crippen LogP contribution is 2.18. The standard InChI is InChI=1S/C19H25N3O4/c1-2-25-13-18(23)22-11-8-14(9-12-22)19(24)20-10-7-17-21-15-5-3-4-6-16(15)26-17/h3-6,14H,2,7-13H2,1H3,(H,20,24). The highest BCUT2D eigenvalue weighted by Gasteiger charge is 2.27. The van der Waals surface area contributed by atoms with Gasteiger partial charge in [0.2, 0.25) is 11.8 Å². The third-order valence-electron chi connectivity index (χ3n) is 4.62. The molecule has 2 amide bonds. The van der Waals surface area contributed by atoms with Crippen molar-refractivity contribution < 1.29 is 18.7 Å². The summed E-state index contributed by atoms with van der Waals surface area (Å²) in [5.41, 5.74) is 1.59. The Hall–Kier alpha value is -2.41. The van der Waals surface area contributed by atoms with Crippen LogP contribution in [-0.2, 0) is 20.7 Å². The highest BCUT2D eigenvalue weighted by molar-refractivity contribution is 5.80. The van der Waals surface area contributed by atoms with E-state index in [0.29, 0.717) is 51.4 Å². The maximum Gasteiger partial charge on any atom is 0.248 e. The van der Waals surface area contributed by atoms with Crippen LogP contribution >= 0.6 is 0 Å². The first-order valence-corrected chi connectivity index (χ1v) is 9.15. The van der Waals surface area contributed by atoms with Gasteiger partial charge in [0.25, 0.3) is 0 Å². The fraction of sp³-hybridized carbons (Fsp3) is 0.526. The number of nitrogens with one attached hydrogen (secondary N) is 1. The zero-order chi connectivity index (χ0) is 18.4. The van der Waals surface area contributed by atoms with Crippen LogP contribution in [0, 0.1) is 5.92 Å². The summed E-state index contributed by atoms with van der Waals surface area (Å²) in [6.45, 7) is 4.23. The molecule has 0 bridgehead atoms. The summed E-state index contributed by atoms with van der Waals surface area (Å²) in [5.74, 6) is 0.623. The van der Waals surface area contributed by atoms with Gasteiger partial charge in [-0.05, 0) is 31.9 Å². The van der Waals surface area contributed by atoms with Gasteiger partial charge in [-0.1, -0.05) is 12.1 Å². The maximum absolute atomic E-state index is 12.3. The summed E-state index contributed by atoms with van der Waals surface area (Å²) in [6, 6.07) is 7.61. The SMILES string of the molecule is CCOCC(=O)N1CCC(C(=O)NCCc2nc3ccccc3o2)CC1. The van der Waals surface area contributed by atoms with Crippen LogP contribution in [0.15, 0.2) is 28.7 Å². The number of nitrogens with zero attached hydrogens (tertiary/aromatic N) is 2. The zero-order valence-corrected chi connectivity index (χ0v) is 15.1. The number of amides is 2. The second-order valence-corrected chi connectivity index (χ2v) is 6.41. The first-order chi connectivity index (χ1) is 12.7. The van der Waals surface area contributed by atoms with Crippen molar-refractivity contribution in [1.82, 2.24) is 15.2 Å². The lowest BCUT2D eigenvalue weighted by atomic mass is 9.96. The molecule has 0 saturated carbocycles. The average Bonchev–Trinajstić information content (AvgIpc) is 3.09. The summed E-state index contributed by atoms with van der Waals surface area (Å²) < 4.78 is 10.8. The van der Waals surface area contributed by atoms with Gasteiger partial charge in [-0.25, -0.2) is 4.98 Å². The molecule has 1 N–H and O–H groups in total. The van der Waals surface area contributed by atoms with Crippen LogP contribution in [0.4, 0.5) is 0 Å². The minimum atomic E-state index is -0.0465. The number of fused-ring (bicyclic) bond motifs is 1. The number of hydrogen-bond acceptors (Lipinski definition) is 5. The Balaban J connectivity index is 1.39. The van der Waals surface area contributed by atoms with Crippen molar-refractivity contribution >= 4 is 22.9 Å². The van der Waals surface area contributed by atoms with Crippen LogP contribution in [0.3, 0.4) is 0 Å². The molecule has 0 radical (unpaired) electrons. The minimum Gasteiger partial charge on any atom is -0.441 e. The number of rotatable bonds is 7. The second-order valence-electron chi connectivity index (χ2n) is 6.41. The number of likely N-dealkylation sites (tertiary alicyclic amines) is 1. The van der Waals surface area contributed by atoms with Crippen LogP contribution < -0.4 is 5.32 Å². The molecule has 7 heteroatoms. The van der Waals surface area contributed by atoms with Gasteiger partial charge in [0.05, 0.1) is 0 Å². The van der Waals surface area contributed by atoms with Crippen LogP contribution in [-0.4, -0.2) is 54.5 Å². The summed E-state index contributed by atoms with van der Waals surface area (Å²) >= 11 is 0. The fourth-order valence-corrected chi connectivity index (χ4v) is 3.14. The molecular formula is C19H25N3O4. The number of oxazole rings is 1. The normalized spacial score (nSPS) is 15.3. The number of carbonyl (C=O) groups is 2. The number of piperidine rings is 1. The quantitative estimate of drug-likeness (QED) is 0.814. The predicted octanol–water partition coefficient (Wildman–Crippen LogP) is 1.76. The van der Waals surface area contributed by atoms with E-state index < -0.39 is 0 Å². The summed E-state index contributed by atoms with van der Waals surface area (Å²) in [5, 5.41) is 2.96. The molecule has 0 spiro atoms. The zero-order valence-electron chi connectivity index (χ0n) is 15.1. The minimum absolute atomic E-state index is 0.00154. The topological polar surface area (TPSA) is 84.7 Å². The Morgan fingerprint density at radius 2 is 2.08 bits per heavy atom. The molecular weight excluding hydrogens is 334 g/mol. The monoisotopic (exact) mass is 359 g/mol. The molecule has 0 unspecified atom stereocenters. The molecule has 0 atom stereocenters. The van der Waals surface area contributed by atoms with E-state index in [2.05, 4.69) is 10.3 Å². The van der Waals surface area contributed by atoms with E-state index in [1.165, 1.54) is 0 Å². The largest absolute Gasteiger partial charge is 0.441 e. The average molecular weight is 359 g/mol. The Bertz CT molecular complexity index is 717. The van der Waals surface area contributed by atoms with E-state index in [-0.39, 0.29) is 24.3 Å². The van der Waals surface area contributed by atoms with Crippen molar-refractivity contribution in [2.75, 3.05) is 32.8 Å². The molecule has 1 saturated heterocycles. The van der Waals surface area contributed by atoms with Crippen molar-refractivity contribution in [1.29, 1.82) is 0 Å². The number of carbonyl (C=O) groups excluding carboxylic acids is 2. The Morgan fingerprint density at radius 3 is 2.81 bits per heavy atom. The maximum atomic E-state index is 12.3. The van der Waals surface area contributed by atoms with Crippen LogP contribution in [0.1, 0.15) is 25.7 Å². The third kappa shape index (κ3) is 4.60. The lowest BCUT2D eigenvalue weighted by Crippen LogP contribution is -2.44. The van der Waals surface area contributed by atoms with Gasteiger partial charge in [0, 0.05) is 38.6 Å². The summed E-state index contributed by atoms with van der Waals surface area (Å²) in [7, 11) is 0. The van der Waals surface area contributed by atoms with Crippen LogP contribution in [0.2, 0.25) is 0 Å². The molecule has 1 aliphatic rings. The van der Waals surface area contributed by atoms with E-state index in [9.17, 15) is 9.59 Å². The van der Waals surface area contributed by atoms with E-state index in [0.717, 1.165) is 11.1 Å².